The minimum Gasteiger partial charge on any atom is -0.433 e. The Kier molecular flexibility index (Phi) is 22.2. The van der Waals surface area contributed by atoms with E-state index in [0.717, 1.165) is 19.3 Å². The first-order chi connectivity index (χ1) is 16.3. The van der Waals surface area contributed by atoms with Crippen LogP contribution in [-0.2, 0) is 9.53 Å². The van der Waals surface area contributed by atoms with Crippen LogP contribution in [0.2, 0.25) is 0 Å². The first-order valence-electron chi connectivity index (χ1n) is 13.6. The minimum absolute atomic E-state index is 0.0836. The van der Waals surface area contributed by atoms with E-state index in [1.54, 1.807) is 0 Å². The molecular weight excluding hydrogens is 440 g/mol. The quantitative estimate of drug-likeness (QED) is 0.0683. The van der Waals surface area contributed by atoms with E-state index in [1.807, 2.05) is 0 Å². The predicted molar refractivity (Wildman–Crippen MR) is 132 cm³/mol. The summed E-state index contributed by atoms with van der Waals surface area (Å²) in [6.45, 7) is 1.42. The van der Waals surface area contributed by atoms with Crippen molar-refractivity contribution < 1.29 is 40.2 Å². The van der Waals surface area contributed by atoms with E-state index in [9.17, 15) is 30.3 Å². The number of rotatable bonds is 24. The molecule has 0 fully saturated rings. The molecule has 0 aliphatic rings. The second-order valence-electron chi connectivity index (χ2n) is 9.51. The Morgan fingerprint density at radius 1 is 0.588 bits per heavy atom. The Labute approximate surface area is 206 Å². The van der Waals surface area contributed by atoms with Crippen molar-refractivity contribution >= 4 is 5.97 Å². The largest absolute Gasteiger partial charge is 0.433 e. The molecule has 5 atom stereocenters. The van der Waals surface area contributed by atoms with E-state index in [-0.39, 0.29) is 6.42 Å². The lowest BCUT2D eigenvalue weighted by molar-refractivity contribution is -0.213. The van der Waals surface area contributed by atoms with Crippen molar-refractivity contribution in [3.05, 3.63) is 0 Å². The molecule has 0 radical (unpaired) electrons. The number of ether oxygens (including phenoxy) is 1. The molecule has 0 aromatic carbocycles. The van der Waals surface area contributed by atoms with E-state index < -0.39 is 43.3 Å². The Morgan fingerprint density at radius 3 is 1.35 bits per heavy atom. The van der Waals surface area contributed by atoms with Crippen LogP contribution < -0.4 is 0 Å². The number of hydrogen-bond acceptors (Lipinski definition) is 8. The van der Waals surface area contributed by atoms with Crippen molar-refractivity contribution in [3.63, 3.8) is 0 Å². The van der Waals surface area contributed by atoms with Gasteiger partial charge in [-0.2, -0.15) is 0 Å². The molecule has 0 bridgehead atoms. The number of hydrogen-bond donors (Lipinski definition) is 6. The molecule has 0 aliphatic heterocycles. The van der Waals surface area contributed by atoms with Crippen molar-refractivity contribution in [2.45, 2.75) is 153 Å². The Bertz CT molecular complexity index is 462. The first kappa shape index (κ1) is 33.2. The van der Waals surface area contributed by atoms with Crippen molar-refractivity contribution in [3.8, 4) is 0 Å². The highest BCUT2D eigenvalue weighted by molar-refractivity contribution is 5.69. The molecule has 0 aromatic heterocycles. The fraction of sp³-hybridized carbons (Fsp3) is 0.962. The first-order valence-corrected chi connectivity index (χ1v) is 13.6. The molecule has 6 N–H and O–H groups in total. The van der Waals surface area contributed by atoms with E-state index in [4.69, 9.17) is 5.11 Å². The molecule has 0 aromatic rings. The van der Waals surface area contributed by atoms with E-state index >= 15 is 0 Å². The van der Waals surface area contributed by atoms with E-state index in [0.29, 0.717) is 6.42 Å². The average molecular weight is 493 g/mol. The molecule has 0 heterocycles. The summed E-state index contributed by atoms with van der Waals surface area (Å²) in [7, 11) is 0. The summed E-state index contributed by atoms with van der Waals surface area (Å²) >= 11 is 0. The second kappa shape index (κ2) is 22.7. The van der Waals surface area contributed by atoms with Gasteiger partial charge < -0.3 is 35.4 Å². The normalized spacial score (nSPS) is 16.1. The molecule has 204 valence electrons. The van der Waals surface area contributed by atoms with E-state index in [1.165, 1.54) is 83.5 Å². The minimum atomic E-state index is -2.03. The van der Waals surface area contributed by atoms with Gasteiger partial charge in [-0.3, -0.25) is 4.79 Å². The maximum absolute atomic E-state index is 11.8. The molecule has 0 saturated carbocycles. The number of carbonyl (C=O) groups excluding carboxylic acids is 1. The van der Waals surface area contributed by atoms with Crippen LogP contribution in [0.4, 0.5) is 0 Å². The van der Waals surface area contributed by atoms with Crippen LogP contribution in [0.25, 0.3) is 0 Å². The van der Waals surface area contributed by atoms with Crippen LogP contribution in [0.5, 0.6) is 0 Å². The van der Waals surface area contributed by atoms with Gasteiger partial charge in [-0.1, -0.05) is 110 Å². The highest BCUT2D eigenvalue weighted by atomic mass is 16.6. The monoisotopic (exact) mass is 492 g/mol. The van der Waals surface area contributed by atoms with Crippen LogP contribution in [-0.4, -0.2) is 73.9 Å². The van der Waals surface area contributed by atoms with Gasteiger partial charge in [-0.15, -0.1) is 0 Å². The zero-order chi connectivity index (χ0) is 25.6. The molecular formula is C26H52O8. The third kappa shape index (κ3) is 17.6. The fourth-order valence-electron chi connectivity index (χ4n) is 3.96. The predicted octanol–water partition coefficient (Wildman–Crippen LogP) is 3.33. The van der Waals surface area contributed by atoms with Gasteiger partial charge in [-0.25, -0.2) is 0 Å². The van der Waals surface area contributed by atoms with Gasteiger partial charge in [0, 0.05) is 6.42 Å². The Balaban J connectivity index is 3.55. The molecule has 0 rings (SSSR count). The molecule has 8 nitrogen and oxygen atoms in total. The zero-order valence-electron chi connectivity index (χ0n) is 21.3. The summed E-state index contributed by atoms with van der Waals surface area (Å²) in [5.74, 6) is -0.711. The lowest BCUT2D eigenvalue weighted by Gasteiger charge is -2.28. The van der Waals surface area contributed by atoms with Gasteiger partial charge in [0.25, 0.3) is 0 Å². The average Bonchev–Trinajstić information content (AvgIpc) is 2.83. The Hall–Kier alpha value is -0.770. The van der Waals surface area contributed by atoms with Gasteiger partial charge in [-0.05, 0) is 6.42 Å². The molecule has 8 heteroatoms. The van der Waals surface area contributed by atoms with Gasteiger partial charge in [0.05, 0.1) is 6.61 Å². The molecule has 0 amide bonds. The lowest BCUT2D eigenvalue weighted by atomic mass is 10.0. The summed E-state index contributed by atoms with van der Waals surface area (Å²) in [5.41, 5.74) is 0. The van der Waals surface area contributed by atoms with Crippen molar-refractivity contribution in [2.24, 2.45) is 0 Å². The van der Waals surface area contributed by atoms with Gasteiger partial charge in [0.2, 0.25) is 6.29 Å². The van der Waals surface area contributed by atoms with Gasteiger partial charge in [0.15, 0.2) is 0 Å². The van der Waals surface area contributed by atoms with Crippen LogP contribution >= 0.6 is 0 Å². The van der Waals surface area contributed by atoms with E-state index in [2.05, 4.69) is 11.7 Å². The van der Waals surface area contributed by atoms with Crippen molar-refractivity contribution in [2.75, 3.05) is 6.61 Å². The highest BCUT2D eigenvalue weighted by Crippen LogP contribution is 2.15. The SMILES string of the molecule is CCCCCCCCCCCCCCCCCCCC(=O)OC(O)[C@H](O)[C@@H](O)[C@H](O)[C@H](O)CO. The van der Waals surface area contributed by atoms with Crippen molar-refractivity contribution in [1.29, 1.82) is 0 Å². The van der Waals surface area contributed by atoms with Gasteiger partial charge in [0.1, 0.15) is 24.4 Å². The smallest absolute Gasteiger partial charge is 0.308 e. The number of aliphatic hydroxyl groups is 6. The number of carbonyl (C=O) groups is 1. The van der Waals surface area contributed by atoms with Crippen LogP contribution in [0, 0.1) is 0 Å². The molecule has 34 heavy (non-hydrogen) atoms. The summed E-state index contributed by atoms with van der Waals surface area (Å²) in [6.07, 6.45) is 11.5. The third-order valence-corrected chi connectivity index (χ3v) is 6.31. The van der Waals surface area contributed by atoms with Crippen LogP contribution in [0.1, 0.15) is 122 Å². The molecule has 0 saturated heterocycles. The number of esters is 1. The summed E-state index contributed by atoms with van der Waals surface area (Å²) in [5, 5.41) is 56.7. The van der Waals surface area contributed by atoms with Crippen LogP contribution in [0.15, 0.2) is 0 Å². The van der Waals surface area contributed by atoms with Crippen molar-refractivity contribution in [1.82, 2.24) is 0 Å². The number of aliphatic hydroxyl groups excluding tert-OH is 6. The lowest BCUT2D eigenvalue weighted by Crippen LogP contribution is -2.50. The number of unbranched alkanes of at least 4 members (excludes halogenated alkanes) is 16. The topological polar surface area (TPSA) is 148 Å². The maximum atomic E-state index is 11.8. The molecule has 0 aliphatic carbocycles. The maximum Gasteiger partial charge on any atom is 0.308 e. The molecule has 1 unspecified atom stereocenters. The fourth-order valence-corrected chi connectivity index (χ4v) is 3.96. The summed E-state index contributed by atoms with van der Waals surface area (Å²) < 4.78 is 4.68. The Morgan fingerprint density at radius 2 is 0.971 bits per heavy atom. The zero-order valence-corrected chi connectivity index (χ0v) is 21.3. The molecule has 0 spiro atoms. The third-order valence-electron chi connectivity index (χ3n) is 6.31. The van der Waals surface area contributed by atoms with Gasteiger partial charge >= 0.3 is 5.97 Å². The second-order valence-corrected chi connectivity index (χ2v) is 9.51. The standard InChI is InChI=1S/C26H52O8/c1-2-3-4-5-6-7-8-9-10-11-12-13-14-15-16-17-18-19-22(29)34-26(33)25(32)24(31)23(30)21(28)20-27/h21,23-28,30-33H,2-20H2,1H3/t21-,23-,24+,25-,26?/m1/s1. The summed E-state index contributed by atoms with van der Waals surface area (Å²) in [6, 6.07) is 0. The summed E-state index contributed by atoms with van der Waals surface area (Å²) in [4.78, 5) is 11.8. The highest BCUT2D eigenvalue weighted by Gasteiger charge is 2.35. The van der Waals surface area contributed by atoms with Crippen LogP contribution in [0.3, 0.4) is 0 Å².